The minimum atomic E-state index is -1.06. The van der Waals surface area contributed by atoms with Gasteiger partial charge in [0.15, 0.2) is 5.16 Å². The van der Waals surface area contributed by atoms with Gasteiger partial charge in [0.25, 0.3) is 0 Å². The summed E-state index contributed by atoms with van der Waals surface area (Å²) in [5.41, 5.74) is 1.67. The average Bonchev–Trinajstić information content (AvgIpc) is 2.25. The Bertz CT molecular complexity index is 445. The van der Waals surface area contributed by atoms with Gasteiger partial charge in [0.2, 0.25) is 5.91 Å². The molecule has 0 aromatic carbocycles. The van der Waals surface area contributed by atoms with E-state index in [9.17, 15) is 9.59 Å². The van der Waals surface area contributed by atoms with E-state index in [-0.39, 0.29) is 11.7 Å². The van der Waals surface area contributed by atoms with Gasteiger partial charge in [0, 0.05) is 11.4 Å². The van der Waals surface area contributed by atoms with E-state index < -0.39 is 12.0 Å². The fraction of sp³-hybridized carbons (Fsp3) is 0.455. The van der Waals surface area contributed by atoms with Crippen molar-refractivity contribution < 1.29 is 14.7 Å². The molecular weight excluding hydrogens is 254 g/mol. The molecule has 1 aromatic heterocycles. The van der Waals surface area contributed by atoms with Crippen molar-refractivity contribution in [2.45, 2.75) is 32.0 Å². The van der Waals surface area contributed by atoms with Gasteiger partial charge < -0.3 is 10.4 Å². The van der Waals surface area contributed by atoms with Crippen LogP contribution in [0.1, 0.15) is 18.3 Å². The van der Waals surface area contributed by atoms with Crippen LogP contribution in [0.2, 0.25) is 0 Å². The number of nitrogens with zero attached hydrogens (tertiary/aromatic N) is 2. The Labute approximate surface area is 109 Å². The second-order valence-electron chi connectivity index (χ2n) is 3.85. The van der Waals surface area contributed by atoms with Gasteiger partial charge in [-0.2, -0.15) is 0 Å². The van der Waals surface area contributed by atoms with Crippen molar-refractivity contribution in [1.29, 1.82) is 0 Å². The molecule has 18 heavy (non-hydrogen) atoms. The number of aryl methyl sites for hydroxylation is 2. The van der Waals surface area contributed by atoms with Crippen LogP contribution in [0.15, 0.2) is 11.2 Å². The summed E-state index contributed by atoms with van der Waals surface area (Å²) >= 11 is 1.18. The predicted molar refractivity (Wildman–Crippen MR) is 67.5 cm³/mol. The Hall–Kier alpha value is -1.63. The molecule has 0 unspecified atom stereocenters. The normalized spacial score (nSPS) is 11.9. The Morgan fingerprint density at radius 1 is 1.39 bits per heavy atom. The topological polar surface area (TPSA) is 92.2 Å². The zero-order valence-electron chi connectivity index (χ0n) is 10.4. The van der Waals surface area contributed by atoms with Crippen molar-refractivity contribution in [1.82, 2.24) is 15.3 Å². The summed E-state index contributed by atoms with van der Waals surface area (Å²) in [5, 5.41) is 11.5. The quantitative estimate of drug-likeness (QED) is 0.606. The van der Waals surface area contributed by atoms with Crippen molar-refractivity contribution in [2.24, 2.45) is 0 Å². The molecular formula is C11H15N3O3S. The van der Waals surface area contributed by atoms with E-state index in [0.717, 1.165) is 11.4 Å². The molecule has 0 bridgehead atoms. The van der Waals surface area contributed by atoms with Crippen molar-refractivity contribution in [2.75, 3.05) is 5.75 Å². The van der Waals surface area contributed by atoms with Crippen LogP contribution < -0.4 is 5.32 Å². The second kappa shape index (κ2) is 6.34. The van der Waals surface area contributed by atoms with Gasteiger partial charge in [-0.25, -0.2) is 9.97 Å². The number of hydrogen-bond acceptors (Lipinski definition) is 5. The monoisotopic (exact) mass is 269 g/mol. The number of carboxylic acid groups (broad SMARTS) is 1. The standard InChI is InChI=1S/C11H15N3O3S/c1-6-4-7(2)13-11(12-6)18-5-9(15)14-8(3)10(16)17/h4,8H,5H2,1-3H3,(H,14,15)(H,16,17)/t8-/m1/s1. The maximum atomic E-state index is 11.5. The number of carbonyl (C=O) groups is 2. The van der Waals surface area contributed by atoms with Crippen LogP contribution in [-0.2, 0) is 9.59 Å². The maximum Gasteiger partial charge on any atom is 0.325 e. The number of amides is 1. The third kappa shape index (κ3) is 4.70. The molecule has 7 heteroatoms. The first-order valence-corrected chi connectivity index (χ1v) is 6.34. The van der Waals surface area contributed by atoms with Crippen LogP contribution in [0, 0.1) is 13.8 Å². The average molecular weight is 269 g/mol. The fourth-order valence-electron chi connectivity index (χ4n) is 1.23. The van der Waals surface area contributed by atoms with E-state index in [4.69, 9.17) is 5.11 Å². The van der Waals surface area contributed by atoms with Crippen LogP contribution in [0.5, 0.6) is 0 Å². The first-order chi connectivity index (χ1) is 8.38. The van der Waals surface area contributed by atoms with E-state index >= 15 is 0 Å². The fourth-order valence-corrected chi connectivity index (χ4v) is 1.99. The van der Waals surface area contributed by atoms with Gasteiger partial charge in [-0.15, -0.1) is 0 Å². The summed E-state index contributed by atoms with van der Waals surface area (Å²) in [4.78, 5) is 30.4. The molecule has 6 nitrogen and oxygen atoms in total. The van der Waals surface area contributed by atoms with Crippen LogP contribution in [0.4, 0.5) is 0 Å². The molecule has 1 rings (SSSR count). The highest BCUT2D eigenvalue weighted by atomic mass is 32.2. The van der Waals surface area contributed by atoms with Gasteiger partial charge in [0.05, 0.1) is 5.75 Å². The van der Waals surface area contributed by atoms with E-state index in [1.54, 1.807) is 0 Å². The molecule has 1 atom stereocenters. The Kier molecular flexibility index (Phi) is 5.08. The lowest BCUT2D eigenvalue weighted by atomic mass is 10.3. The van der Waals surface area contributed by atoms with Crippen molar-refractivity contribution in [3.05, 3.63) is 17.5 Å². The third-order valence-corrected chi connectivity index (χ3v) is 2.89. The van der Waals surface area contributed by atoms with Crippen LogP contribution in [0.3, 0.4) is 0 Å². The smallest absolute Gasteiger partial charge is 0.325 e. The van der Waals surface area contributed by atoms with E-state index in [0.29, 0.717) is 5.16 Å². The summed E-state index contributed by atoms with van der Waals surface area (Å²) in [6.07, 6.45) is 0. The summed E-state index contributed by atoms with van der Waals surface area (Å²) in [7, 11) is 0. The molecule has 1 amide bonds. The first-order valence-electron chi connectivity index (χ1n) is 5.35. The highest BCUT2D eigenvalue weighted by Crippen LogP contribution is 2.13. The number of thioether (sulfide) groups is 1. The molecule has 2 N–H and O–H groups in total. The first kappa shape index (κ1) is 14.4. The molecule has 0 aliphatic rings. The van der Waals surface area contributed by atoms with Crippen molar-refractivity contribution >= 4 is 23.6 Å². The van der Waals surface area contributed by atoms with Gasteiger partial charge in [-0.1, -0.05) is 11.8 Å². The second-order valence-corrected chi connectivity index (χ2v) is 4.79. The van der Waals surface area contributed by atoms with Gasteiger partial charge in [-0.05, 0) is 26.8 Å². The summed E-state index contributed by atoms with van der Waals surface area (Å²) in [6, 6.07) is 0.953. The number of rotatable bonds is 5. The number of hydrogen-bond donors (Lipinski definition) is 2. The molecule has 0 saturated carbocycles. The van der Waals surface area contributed by atoms with E-state index in [2.05, 4.69) is 15.3 Å². The number of carbonyl (C=O) groups excluding carboxylic acids is 1. The summed E-state index contributed by atoms with van der Waals surface area (Å²) in [5.74, 6) is -1.31. The molecule has 0 fully saturated rings. The summed E-state index contributed by atoms with van der Waals surface area (Å²) < 4.78 is 0. The molecule has 0 radical (unpaired) electrons. The number of aliphatic carboxylic acids is 1. The number of aromatic nitrogens is 2. The highest BCUT2D eigenvalue weighted by molar-refractivity contribution is 7.99. The van der Waals surface area contributed by atoms with E-state index in [1.807, 2.05) is 19.9 Å². The van der Waals surface area contributed by atoms with Crippen LogP contribution in [-0.4, -0.2) is 38.7 Å². The van der Waals surface area contributed by atoms with Gasteiger partial charge in [0.1, 0.15) is 6.04 Å². The Morgan fingerprint density at radius 2 is 1.94 bits per heavy atom. The van der Waals surface area contributed by atoms with Crippen LogP contribution in [0.25, 0.3) is 0 Å². The van der Waals surface area contributed by atoms with Gasteiger partial charge >= 0.3 is 5.97 Å². The molecule has 0 aliphatic heterocycles. The largest absolute Gasteiger partial charge is 0.480 e. The minimum Gasteiger partial charge on any atom is -0.480 e. The summed E-state index contributed by atoms with van der Waals surface area (Å²) in [6.45, 7) is 5.12. The van der Waals surface area contributed by atoms with Gasteiger partial charge in [-0.3, -0.25) is 9.59 Å². The lowest BCUT2D eigenvalue weighted by molar-refractivity contribution is -0.140. The Morgan fingerprint density at radius 3 is 2.44 bits per heavy atom. The Balaban J connectivity index is 2.50. The molecule has 0 aliphatic carbocycles. The molecule has 98 valence electrons. The molecule has 0 spiro atoms. The maximum absolute atomic E-state index is 11.5. The lowest BCUT2D eigenvalue weighted by Crippen LogP contribution is -2.39. The molecule has 1 aromatic rings. The molecule has 1 heterocycles. The van der Waals surface area contributed by atoms with Crippen molar-refractivity contribution in [3.8, 4) is 0 Å². The SMILES string of the molecule is Cc1cc(C)nc(SCC(=O)N[C@H](C)C(=O)O)n1. The number of carboxylic acids is 1. The number of nitrogens with one attached hydrogen (secondary N) is 1. The molecule has 0 saturated heterocycles. The zero-order chi connectivity index (χ0) is 13.7. The minimum absolute atomic E-state index is 0.0977. The van der Waals surface area contributed by atoms with E-state index in [1.165, 1.54) is 18.7 Å². The lowest BCUT2D eigenvalue weighted by Gasteiger charge is -2.08. The van der Waals surface area contributed by atoms with Crippen molar-refractivity contribution in [3.63, 3.8) is 0 Å². The zero-order valence-corrected chi connectivity index (χ0v) is 11.2. The highest BCUT2D eigenvalue weighted by Gasteiger charge is 2.14. The third-order valence-electron chi connectivity index (χ3n) is 2.04. The predicted octanol–water partition coefficient (Wildman–Crippen LogP) is 0.775. The van der Waals surface area contributed by atoms with Crippen LogP contribution >= 0.6 is 11.8 Å².